The normalized spacial score (nSPS) is 23.1. The van der Waals surface area contributed by atoms with Crippen molar-refractivity contribution in [2.45, 2.75) is 152 Å². The predicted octanol–water partition coefficient (Wildman–Crippen LogP) is 14.2. The smallest absolute Gasteiger partial charge is 0.0849 e. The van der Waals surface area contributed by atoms with E-state index in [1.807, 2.05) is 24.3 Å². The van der Waals surface area contributed by atoms with Gasteiger partial charge in [-0.25, -0.2) is 4.21 Å². The van der Waals surface area contributed by atoms with Gasteiger partial charge in [0.05, 0.1) is 10.8 Å². The molecular formula is C50H62OS. The topological polar surface area (TPSA) is 17.1 Å². The fourth-order valence-electron chi connectivity index (χ4n) is 9.27. The number of allylic oxidation sites excluding steroid dienone is 2. The Labute approximate surface area is 318 Å². The maximum Gasteiger partial charge on any atom is 0.0849 e. The Hall–Kier alpha value is -3.49. The van der Waals surface area contributed by atoms with E-state index in [0.29, 0.717) is 0 Å². The second kappa shape index (κ2) is 14.7. The molecule has 4 aromatic carbocycles. The van der Waals surface area contributed by atoms with Gasteiger partial charge in [-0.1, -0.05) is 141 Å². The highest BCUT2D eigenvalue weighted by atomic mass is 32.2. The van der Waals surface area contributed by atoms with Crippen molar-refractivity contribution < 1.29 is 4.21 Å². The van der Waals surface area contributed by atoms with Gasteiger partial charge >= 0.3 is 0 Å². The summed E-state index contributed by atoms with van der Waals surface area (Å²) in [4.78, 5) is 1.65. The SMILES string of the molecule is CCCC1(C)CCC(C)(C)c2cc(C(C)=Cc3ccc(S(=O)c4ccc(C=C(C)c5ccc6c(c5)C(C)(C)CCC6(C)CCC)cc4)cc3)ccc21. The fraction of sp³-hybridized carbons (Fsp3) is 0.440. The van der Waals surface area contributed by atoms with Gasteiger partial charge < -0.3 is 0 Å². The molecule has 2 unspecified atom stereocenters. The van der Waals surface area contributed by atoms with Crippen LogP contribution in [0.25, 0.3) is 23.3 Å². The van der Waals surface area contributed by atoms with E-state index in [1.54, 1.807) is 11.1 Å². The molecule has 6 rings (SSSR count). The lowest BCUT2D eigenvalue weighted by Gasteiger charge is -2.44. The van der Waals surface area contributed by atoms with E-state index >= 15 is 0 Å². The summed E-state index contributed by atoms with van der Waals surface area (Å²) in [5.74, 6) is 0. The second-order valence-corrected chi connectivity index (χ2v) is 19.5. The van der Waals surface area contributed by atoms with E-state index in [1.165, 1.54) is 84.8 Å². The molecule has 2 atom stereocenters. The van der Waals surface area contributed by atoms with Gasteiger partial charge in [-0.05, 0) is 154 Å². The van der Waals surface area contributed by atoms with Crippen LogP contribution in [0.5, 0.6) is 0 Å². The Morgan fingerprint density at radius 1 is 0.538 bits per heavy atom. The number of fused-ring (bicyclic) bond motifs is 2. The Kier molecular flexibility index (Phi) is 10.8. The zero-order chi connectivity index (χ0) is 37.5. The lowest BCUT2D eigenvalue weighted by atomic mass is 9.60. The molecule has 0 bridgehead atoms. The average molecular weight is 711 g/mol. The molecule has 0 radical (unpaired) electrons. The molecule has 4 aromatic rings. The molecule has 0 amide bonds. The molecule has 0 saturated carbocycles. The number of hydrogen-bond donors (Lipinski definition) is 0. The number of rotatable bonds is 10. The van der Waals surface area contributed by atoms with Crippen molar-refractivity contribution in [3.63, 3.8) is 0 Å². The average Bonchev–Trinajstić information content (AvgIpc) is 3.12. The van der Waals surface area contributed by atoms with Crippen molar-refractivity contribution in [1.29, 1.82) is 0 Å². The van der Waals surface area contributed by atoms with E-state index in [-0.39, 0.29) is 21.7 Å². The highest BCUT2D eigenvalue weighted by molar-refractivity contribution is 7.85. The van der Waals surface area contributed by atoms with Crippen molar-refractivity contribution >= 4 is 34.1 Å². The fourth-order valence-corrected chi connectivity index (χ4v) is 10.3. The summed E-state index contributed by atoms with van der Waals surface area (Å²) in [6.07, 6.45) is 14.4. The lowest BCUT2D eigenvalue weighted by molar-refractivity contribution is 0.295. The zero-order valence-corrected chi connectivity index (χ0v) is 34.5. The molecule has 2 aliphatic rings. The summed E-state index contributed by atoms with van der Waals surface area (Å²) in [6.45, 7) is 23.6. The summed E-state index contributed by atoms with van der Waals surface area (Å²) < 4.78 is 13.6. The molecule has 2 aliphatic carbocycles. The minimum atomic E-state index is -1.24. The summed E-state index contributed by atoms with van der Waals surface area (Å²) >= 11 is 0. The first-order chi connectivity index (χ1) is 24.6. The van der Waals surface area contributed by atoms with Gasteiger partial charge in [-0.2, -0.15) is 0 Å². The third-order valence-corrected chi connectivity index (χ3v) is 14.3. The van der Waals surface area contributed by atoms with Gasteiger partial charge in [0.25, 0.3) is 0 Å². The van der Waals surface area contributed by atoms with Gasteiger partial charge in [0, 0.05) is 9.79 Å². The third-order valence-electron chi connectivity index (χ3n) is 12.9. The Bertz CT molecular complexity index is 1860. The highest BCUT2D eigenvalue weighted by Crippen LogP contribution is 2.50. The molecule has 1 nitrogen and oxygen atoms in total. The molecule has 2 heteroatoms. The van der Waals surface area contributed by atoms with Crippen molar-refractivity contribution in [3.8, 4) is 0 Å². The first-order valence-electron chi connectivity index (χ1n) is 19.9. The van der Waals surface area contributed by atoms with Crippen LogP contribution in [-0.4, -0.2) is 4.21 Å². The number of hydrogen-bond acceptors (Lipinski definition) is 1. The molecule has 0 N–H and O–H groups in total. The molecule has 0 aliphatic heterocycles. The molecule has 0 heterocycles. The van der Waals surface area contributed by atoms with Crippen LogP contribution in [0.1, 0.15) is 165 Å². The Morgan fingerprint density at radius 3 is 1.25 bits per heavy atom. The third kappa shape index (κ3) is 7.61. The Morgan fingerprint density at radius 2 is 0.904 bits per heavy atom. The standard InChI is InChI=1S/C50H62OS/c1-11-25-49(9)29-27-47(5,6)45-33-39(17-23-43(45)49)35(3)31-37-13-19-41(20-14-37)52(51)42-21-15-38(16-22-42)32-36(4)40-18-24-44-46(34-40)48(7,8)28-30-50(44,10)26-12-2/h13-24,31-34H,11-12,25-30H2,1-10H3. The van der Waals surface area contributed by atoms with Crippen LogP contribution in [0.4, 0.5) is 0 Å². The van der Waals surface area contributed by atoms with E-state index in [9.17, 15) is 4.21 Å². The van der Waals surface area contributed by atoms with E-state index < -0.39 is 10.8 Å². The predicted molar refractivity (Wildman–Crippen MR) is 227 cm³/mol. The van der Waals surface area contributed by atoms with Gasteiger partial charge in [-0.15, -0.1) is 0 Å². The van der Waals surface area contributed by atoms with Gasteiger partial charge in [-0.3, -0.25) is 0 Å². The van der Waals surface area contributed by atoms with Crippen LogP contribution in [0.2, 0.25) is 0 Å². The van der Waals surface area contributed by atoms with Gasteiger partial charge in [0.2, 0.25) is 0 Å². The number of benzene rings is 4. The van der Waals surface area contributed by atoms with Crippen molar-refractivity contribution in [2.75, 3.05) is 0 Å². The maximum atomic E-state index is 13.6. The molecule has 0 fully saturated rings. The molecule has 52 heavy (non-hydrogen) atoms. The van der Waals surface area contributed by atoms with E-state index in [4.69, 9.17) is 0 Å². The largest absolute Gasteiger partial charge is 0.249 e. The van der Waals surface area contributed by atoms with Crippen LogP contribution in [0.3, 0.4) is 0 Å². The maximum absolute atomic E-state index is 13.6. The molecule has 0 spiro atoms. The Balaban J connectivity index is 1.16. The van der Waals surface area contributed by atoms with E-state index in [2.05, 4.69) is 142 Å². The summed E-state index contributed by atoms with van der Waals surface area (Å²) in [6, 6.07) is 30.8. The quantitative estimate of drug-likeness (QED) is 0.150. The minimum absolute atomic E-state index is 0.188. The molecule has 0 saturated heterocycles. The van der Waals surface area contributed by atoms with E-state index in [0.717, 1.165) is 20.9 Å². The van der Waals surface area contributed by atoms with Gasteiger partial charge in [0.15, 0.2) is 0 Å². The van der Waals surface area contributed by atoms with Crippen molar-refractivity contribution in [1.82, 2.24) is 0 Å². The summed E-state index contributed by atoms with van der Waals surface area (Å²) in [5.41, 5.74) is 14.4. The summed E-state index contributed by atoms with van der Waals surface area (Å²) in [5, 5.41) is 0. The van der Waals surface area contributed by atoms with Crippen LogP contribution in [-0.2, 0) is 32.5 Å². The molecular weight excluding hydrogens is 649 g/mol. The van der Waals surface area contributed by atoms with Crippen molar-refractivity contribution in [2.24, 2.45) is 0 Å². The summed E-state index contributed by atoms with van der Waals surface area (Å²) in [7, 11) is -1.24. The zero-order valence-electron chi connectivity index (χ0n) is 33.7. The second-order valence-electron chi connectivity index (χ2n) is 18.0. The van der Waals surface area contributed by atoms with Gasteiger partial charge in [0.1, 0.15) is 0 Å². The molecule has 0 aromatic heterocycles. The van der Waals surface area contributed by atoms with Crippen LogP contribution < -0.4 is 0 Å². The molecule has 274 valence electrons. The lowest BCUT2D eigenvalue weighted by Crippen LogP contribution is -2.35. The highest BCUT2D eigenvalue weighted by Gasteiger charge is 2.40. The first kappa shape index (κ1) is 38.2. The van der Waals surface area contributed by atoms with Crippen LogP contribution in [0.15, 0.2) is 94.7 Å². The van der Waals surface area contributed by atoms with Crippen LogP contribution >= 0.6 is 0 Å². The minimum Gasteiger partial charge on any atom is -0.249 e. The van der Waals surface area contributed by atoms with Crippen LogP contribution in [0, 0.1) is 0 Å². The monoisotopic (exact) mass is 710 g/mol. The van der Waals surface area contributed by atoms with Crippen molar-refractivity contribution in [3.05, 3.63) is 129 Å². The first-order valence-corrected chi connectivity index (χ1v) is 21.0.